The Labute approximate surface area is 186 Å². The number of carbonyl (C=O) groups excluding carboxylic acids is 2. The Balaban J connectivity index is 1.38. The average Bonchev–Trinajstić information content (AvgIpc) is 3.33. The second-order valence-electron chi connectivity index (χ2n) is 8.79. The van der Waals surface area contributed by atoms with Crippen LogP contribution in [0.1, 0.15) is 44.6 Å². The van der Waals surface area contributed by atoms with Crippen LogP contribution in [0.15, 0.2) is 42.5 Å². The highest BCUT2D eigenvalue weighted by Crippen LogP contribution is 2.32. The maximum Gasteiger partial charge on any atom is 0.292 e. The number of anilines is 1. The van der Waals surface area contributed by atoms with Gasteiger partial charge < -0.3 is 4.90 Å². The number of benzene rings is 2. The molecular weight excluding hydrogens is 406 g/mol. The molecule has 3 heterocycles. The Morgan fingerprint density at radius 2 is 1.94 bits per heavy atom. The van der Waals surface area contributed by atoms with Crippen LogP contribution in [0, 0.1) is 6.92 Å². The second-order valence-corrected chi connectivity index (χ2v) is 9.82. The number of hydrogen-bond donors (Lipinski definition) is 1. The summed E-state index contributed by atoms with van der Waals surface area (Å²) in [4.78, 5) is 33.5. The smallest absolute Gasteiger partial charge is 0.292 e. The maximum atomic E-state index is 13.3. The molecule has 0 saturated carbocycles. The number of fused-ring (bicyclic) bond motifs is 1. The molecule has 2 aliphatic heterocycles. The molecule has 2 amide bonds. The number of amides is 2. The van der Waals surface area contributed by atoms with Gasteiger partial charge in [0.25, 0.3) is 5.91 Å². The molecule has 2 fully saturated rings. The number of quaternary nitrogens is 1. The van der Waals surface area contributed by atoms with Crippen molar-refractivity contribution in [3.8, 4) is 10.6 Å². The highest BCUT2D eigenvalue weighted by molar-refractivity contribution is 7.21. The largest absolute Gasteiger partial charge is 0.322 e. The van der Waals surface area contributed by atoms with Crippen molar-refractivity contribution in [2.45, 2.75) is 58.0 Å². The van der Waals surface area contributed by atoms with Crippen LogP contribution in [0.5, 0.6) is 0 Å². The van der Waals surface area contributed by atoms with E-state index in [-0.39, 0.29) is 17.9 Å². The third kappa shape index (κ3) is 3.68. The molecule has 5 rings (SSSR count). The normalized spacial score (nSPS) is 24.3. The molecule has 6 heteroatoms. The summed E-state index contributed by atoms with van der Waals surface area (Å²) >= 11 is 1.66. The quantitative estimate of drug-likeness (QED) is 0.637. The van der Waals surface area contributed by atoms with E-state index in [9.17, 15) is 9.59 Å². The van der Waals surface area contributed by atoms with E-state index in [2.05, 4.69) is 26.0 Å². The Morgan fingerprint density at radius 1 is 1.13 bits per heavy atom. The van der Waals surface area contributed by atoms with Crippen LogP contribution in [-0.2, 0) is 9.59 Å². The van der Waals surface area contributed by atoms with Crippen molar-refractivity contribution < 1.29 is 14.5 Å². The van der Waals surface area contributed by atoms with Crippen molar-refractivity contribution in [2.24, 2.45) is 0 Å². The van der Waals surface area contributed by atoms with Gasteiger partial charge in [-0.1, -0.05) is 13.0 Å². The molecule has 2 saturated heterocycles. The predicted molar refractivity (Wildman–Crippen MR) is 124 cm³/mol. The van der Waals surface area contributed by atoms with Crippen LogP contribution in [-0.4, -0.2) is 35.4 Å². The van der Waals surface area contributed by atoms with Crippen LogP contribution in [0.2, 0.25) is 0 Å². The van der Waals surface area contributed by atoms with Gasteiger partial charge in [0.2, 0.25) is 5.91 Å². The zero-order chi connectivity index (χ0) is 21.5. The Bertz CT molecular complexity index is 1140. The average molecular weight is 435 g/mol. The van der Waals surface area contributed by atoms with Gasteiger partial charge in [-0.3, -0.25) is 9.59 Å². The van der Waals surface area contributed by atoms with Crippen LogP contribution < -0.4 is 9.80 Å². The lowest BCUT2D eigenvalue weighted by atomic mass is 9.97. The third-order valence-corrected chi connectivity index (χ3v) is 7.86. The number of nitrogens with one attached hydrogen (secondary N) is 1. The first-order valence-electron chi connectivity index (χ1n) is 11.2. The highest BCUT2D eigenvalue weighted by Gasteiger charge is 2.47. The molecular formula is C25H28N3O2S+. The SMILES string of the molecule is CC[C@@H]1CCCC[NH+]1[C@@H]1CC(=O)N(c2ccc(-c3nc4ccc(C)cc4s3)cc2)C1=O. The fraction of sp³-hybridized carbons (Fsp3) is 0.400. The summed E-state index contributed by atoms with van der Waals surface area (Å²) in [6, 6.07) is 14.2. The maximum absolute atomic E-state index is 13.3. The van der Waals surface area contributed by atoms with Crippen LogP contribution in [0.4, 0.5) is 5.69 Å². The van der Waals surface area contributed by atoms with Gasteiger partial charge in [-0.25, -0.2) is 9.88 Å². The molecule has 5 nitrogen and oxygen atoms in total. The summed E-state index contributed by atoms with van der Waals surface area (Å²) in [6.45, 7) is 5.27. The fourth-order valence-corrected chi connectivity index (χ4v) is 6.21. The van der Waals surface area contributed by atoms with Gasteiger partial charge in [-0.2, -0.15) is 0 Å². The minimum atomic E-state index is -0.232. The van der Waals surface area contributed by atoms with E-state index in [4.69, 9.17) is 4.98 Å². The van der Waals surface area contributed by atoms with Gasteiger partial charge in [0.1, 0.15) is 5.01 Å². The number of carbonyl (C=O) groups is 2. The Hall–Kier alpha value is -2.57. The molecule has 1 unspecified atom stereocenters. The molecule has 1 N–H and O–H groups in total. The standard InChI is InChI=1S/C25H27N3O2S/c1-3-18-6-4-5-13-27(18)21-15-23(29)28(25(21)30)19-10-8-17(9-11-19)24-26-20-12-7-16(2)14-22(20)31-24/h7-12,14,18,21H,3-6,13,15H2,1-2H3/p+1/t18-,21-/m1/s1. The number of aromatic nitrogens is 1. The Kier molecular flexibility index (Phi) is 5.36. The third-order valence-electron chi connectivity index (χ3n) is 6.80. The van der Waals surface area contributed by atoms with E-state index in [1.165, 1.54) is 26.5 Å². The van der Waals surface area contributed by atoms with Crippen molar-refractivity contribution in [3.05, 3.63) is 48.0 Å². The zero-order valence-electron chi connectivity index (χ0n) is 18.1. The number of nitrogens with zero attached hydrogens (tertiary/aromatic N) is 2. The van der Waals surface area contributed by atoms with Gasteiger partial charge in [0.05, 0.1) is 34.9 Å². The van der Waals surface area contributed by atoms with Gasteiger partial charge >= 0.3 is 0 Å². The minimum absolute atomic E-state index is 0.0384. The Morgan fingerprint density at radius 3 is 2.71 bits per heavy atom. The van der Waals surface area contributed by atoms with Crippen LogP contribution in [0.3, 0.4) is 0 Å². The molecule has 2 aromatic carbocycles. The van der Waals surface area contributed by atoms with Crippen LogP contribution >= 0.6 is 11.3 Å². The molecule has 0 bridgehead atoms. The van der Waals surface area contributed by atoms with Gasteiger partial charge in [0, 0.05) is 5.56 Å². The number of imide groups is 1. The first-order chi connectivity index (χ1) is 15.0. The second kappa shape index (κ2) is 8.17. The van der Waals surface area contributed by atoms with Crippen molar-refractivity contribution in [3.63, 3.8) is 0 Å². The molecule has 0 spiro atoms. The van der Waals surface area contributed by atoms with Crippen molar-refractivity contribution in [2.75, 3.05) is 11.4 Å². The van der Waals surface area contributed by atoms with E-state index in [1.807, 2.05) is 30.3 Å². The van der Waals surface area contributed by atoms with Gasteiger partial charge in [-0.05, 0) is 74.6 Å². The van der Waals surface area contributed by atoms with Gasteiger partial charge in [-0.15, -0.1) is 11.3 Å². The van der Waals surface area contributed by atoms with E-state index in [0.717, 1.165) is 41.9 Å². The summed E-state index contributed by atoms with van der Waals surface area (Å²) < 4.78 is 1.17. The van der Waals surface area contributed by atoms with E-state index >= 15 is 0 Å². The molecule has 2 aliphatic rings. The molecule has 160 valence electrons. The van der Waals surface area contributed by atoms with Crippen LogP contribution in [0.25, 0.3) is 20.8 Å². The number of hydrogen-bond acceptors (Lipinski definition) is 4. The van der Waals surface area contributed by atoms with Gasteiger partial charge in [0.15, 0.2) is 6.04 Å². The lowest BCUT2D eigenvalue weighted by molar-refractivity contribution is -0.944. The number of likely N-dealkylation sites (tertiary alicyclic amines) is 1. The van der Waals surface area contributed by atoms with Crippen molar-refractivity contribution >= 4 is 39.1 Å². The topological polar surface area (TPSA) is 54.7 Å². The lowest BCUT2D eigenvalue weighted by Gasteiger charge is -2.35. The number of aryl methyl sites for hydroxylation is 1. The summed E-state index contributed by atoms with van der Waals surface area (Å²) in [5, 5.41) is 0.952. The first-order valence-corrected chi connectivity index (χ1v) is 12.1. The summed E-state index contributed by atoms with van der Waals surface area (Å²) in [7, 11) is 0. The molecule has 3 aromatic rings. The summed E-state index contributed by atoms with van der Waals surface area (Å²) in [6.07, 6.45) is 4.90. The zero-order valence-corrected chi connectivity index (χ0v) is 18.9. The van der Waals surface area contributed by atoms with E-state index in [1.54, 1.807) is 11.3 Å². The summed E-state index contributed by atoms with van der Waals surface area (Å²) in [5.74, 6) is -0.116. The van der Waals surface area contributed by atoms with E-state index < -0.39 is 0 Å². The molecule has 3 atom stereocenters. The minimum Gasteiger partial charge on any atom is -0.322 e. The predicted octanol–water partition coefficient (Wildman–Crippen LogP) is 3.75. The summed E-state index contributed by atoms with van der Waals surface area (Å²) in [5.41, 5.74) is 3.89. The van der Waals surface area contributed by atoms with E-state index in [0.29, 0.717) is 18.2 Å². The number of piperidine rings is 1. The van der Waals surface area contributed by atoms with Crippen molar-refractivity contribution in [1.82, 2.24) is 4.98 Å². The first kappa shape index (κ1) is 20.3. The monoisotopic (exact) mass is 434 g/mol. The number of rotatable bonds is 4. The molecule has 0 aliphatic carbocycles. The fourth-order valence-electron chi connectivity index (χ4n) is 5.14. The highest BCUT2D eigenvalue weighted by atomic mass is 32.1. The number of thiazole rings is 1. The molecule has 0 radical (unpaired) electrons. The van der Waals surface area contributed by atoms with Crippen molar-refractivity contribution in [1.29, 1.82) is 0 Å². The lowest BCUT2D eigenvalue weighted by Crippen LogP contribution is -3.20. The molecule has 1 aromatic heterocycles. The molecule has 31 heavy (non-hydrogen) atoms.